The van der Waals surface area contributed by atoms with Gasteiger partial charge in [-0.25, -0.2) is 0 Å². The van der Waals surface area contributed by atoms with Crippen molar-refractivity contribution in [1.82, 2.24) is 10.2 Å². The third-order valence-electron chi connectivity index (χ3n) is 5.17. The zero-order chi connectivity index (χ0) is 15.6. The van der Waals surface area contributed by atoms with Crippen molar-refractivity contribution in [1.29, 1.82) is 0 Å². The maximum Gasteiger partial charge on any atom is 0.246 e. The van der Waals surface area contributed by atoms with Crippen LogP contribution in [0.5, 0.6) is 0 Å². The highest BCUT2D eigenvalue weighted by Crippen LogP contribution is 2.40. The average Bonchev–Trinajstić information content (AvgIpc) is 2.93. The smallest absolute Gasteiger partial charge is 0.246 e. The van der Waals surface area contributed by atoms with Crippen LogP contribution in [0, 0.1) is 5.92 Å². The Morgan fingerprint density at radius 1 is 1.33 bits per heavy atom. The molecule has 0 bridgehead atoms. The molecular weight excluding hydrogens is 268 g/mol. The Labute approximate surface area is 127 Å². The van der Waals surface area contributed by atoms with E-state index in [2.05, 4.69) is 5.32 Å². The van der Waals surface area contributed by atoms with Crippen LogP contribution in [0.25, 0.3) is 0 Å². The SMILES string of the molecule is CCC(C)C1NC(=O)C2(CCCC2)N(C(C)COC)C1=O. The largest absolute Gasteiger partial charge is 0.383 e. The summed E-state index contributed by atoms with van der Waals surface area (Å²) in [6, 6.07) is -0.466. The molecule has 0 aromatic heterocycles. The number of amides is 2. The molecule has 2 aliphatic rings. The van der Waals surface area contributed by atoms with Crippen LogP contribution < -0.4 is 5.32 Å². The normalized spacial score (nSPS) is 27.8. The Hall–Kier alpha value is -1.10. The summed E-state index contributed by atoms with van der Waals surface area (Å²) in [7, 11) is 1.64. The summed E-state index contributed by atoms with van der Waals surface area (Å²) >= 11 is 0. The van der Waals surface area contributed by atoms with Crippen LogP contribution in [0.15, 0.2) is 0 Å². The molecule has 5 heteroatoms. The van der Waals surface area contributed by atoms with E-state index in [4.69, 9.17) is 4.74 Å². The van der Waals surface area contributed by atoms with Crippen LogP contribution in [-0.2, 0) is 14.3 Å². The Kier molecular flexibility index (Phi) is 4.91. The van der Waals surface area contributed by atoms with Gasteiger partial charge in [0.15, 0.2) is 0 Å². The molecule has 2 amide bonds. The van der Waals surface area contributed by atoms with Crippen LogP contribution in [0.2, 0.25) is 0 Å². The summed E-state index contributed by atoms with van der Waals surface area (Å²) in [5, 5.41) is 3.01. The van der Waals surface area contributed by atoms with Crippen molar-refractivity contribution < 1.29 is 14.3 Å². The van der Waals surface area contributed by atoms with E-state index in [9.17, 15) is 9.59 Å². The fourth-order valence-electron chi connectivity index (χ4n) is 3.81. The van der Waals surface area contributed by atoms with Gasteiger partial charge in [0.1, 0.15) is 11.6 Å². The van der Waals surface area contributed by atoms with E-state index in [0.717, 1.165) is 32.1 Å². The molecule has 0 aromatic carbocycles. The second kappa shape index (κ2) is 6.34. The van der Waals surface area contributed by atoms with Gasteiger partial charge in [0.05, 0.1) is 12.6 Å². The van der Waals surface area contributed by atoms with Gasteiger partial charge in [0, 0.05) is 7.11 Å². The highest BCUT2D eigenvalue weighted by molar-refractivity contribution is 6.00. The van der Waals surface area contributed by atoms with E-state index >= 15 is 0 Å². The molecule has 21 heavy (non-hydrogen) atoms. The fourth-order valence-corrected chi connectivity index (χ4v) is 3.81. The third kappa shape index (κ3) is 2.68. The van der Waals surface area contributed by atoms with E-state index in [1.807, 2.05) is 25.7 Å². The van der Waals surface area contributed by atoms with Crippen molar-refractivity contribution in [3.8, 4) is 0 Å². The zero-order valence-electron chi connectivity index (χ0n) is 13.6. The first-order valence-corrected chi connectivity index (χ1v) is 8.11. The molecule has 2 fully saturated rings. The lowest BCUT2D eigenvalue weighted by Gasteiger charge is -2.50. The molecule has 1 saturated carbocycles. The van der Waals surface area contributed by atoms with Crippen molar-refractivity contribution >= 4 is 11.8 Å². The predicted octanol–water partition coefficient (Wildman–Crippen LogP) is 1.71. The van der Waals surface area contributed by atoms with Gasteiger partial charge in [0.2, 0.25) is 11.8 Å². The van der Waals surface area contributed by atoms with Crippen LogP contribution in [0.1, 0.15) is 52.9 Å². The average molecular weight is 296 g/mol. The zero-order valence-corrected chi connectivity index (χ0v) is 13.6. The van der Waals surface area contributed by atoms with E-state index < -0.39 is 11.6 Å². The fraction of sp³-hybridized carbons (Fsp3) is 0.875. The molecule has 3 unspecified atom stereocenters. The second-order valence-electron chi connectivity index (χ2n) is 6.59. The molecule has 3 atom stereocenters. The van der Waals surface area contributed by atoms with Crippen molar-refractivity contribution in [3.63, 3.8) is 0 Å². The molecule has 1 aliphatic carbocycles. The van der Waals surface area contributed by atoms with Gasteiger partial charge in [0.25, 0.3) is 0 Å². The lowest BCUT2D eigenvalue weighted by atomic mass is 9.84. The molecule has 1 spiro atoms. The van der Waals surface area contributed by atoms with Crippen molar-refractivity contribution in [2.24, 2.45) is 5.92 Å². The number of hydrogen-bond acceptors (Lipinski definition) is 3. The minimum Gasteiger partial charge on any atom is -0.383 e. The number of methoxy groups -OCH3 is 1. The summed E-state index contributed by atoms with van der Waals surface area (Å²) in [4.78, 5) is 27.6. The highest BCUT2D eigenvalue weighted by Gasteiger charge is 2.55. The summed E-state index contributed by atoms with van der Waals surface area (Å²) in [5.41, 5.74) is -0.640. The summed E-state index contributed by atoms with van der Waals surface area (Å²) < 4.78 is 5.24. The van der Waals surface area contributed by atoms with Gasteiger partial charge in [-0.05, 0) is 25.7 Å². The first-order valence-electron chi connectivity index (χ1n) is 8.11. The highest BCUT2D eigenvalue weighted by atomic mass is 16.5. The number of ether oxygens (including phenoxy) is 1. The van der Waals surface area contributed by atoms with E-state index in [1.54, 1.807) is 7.11 Å². The third-order valence-corrected chi connectivity index (χ3v) is 5.17. The predicted molar refractivity (Wildman–Crippen MR) is 80.8 cm³/mol. The molecule has 1 aliphatic heterocycles. The van der Waals surface area contributed by atoms with E-state index in [0.29, 0.717) is 6.61 Å². The van der Waals surface area contributed by atoms with Crippen LogP contribution in [0.4, 0.5) is 0 Å². The quantitative estimate of drug-likeness (QED) is 0.840. The maximum absolute atomic E-state index is 13.0. The van der Waals surface area contributed by atoms with Gasteiger partial charge in [-0.3, -0.25) is 9.59 Å². The summed E-state index contributed by atoms with van der Waals surface area (Å²) in [5.74, 6) is 0.251. The number of rotatable bonds is 5. The Morgan fingerprint density at radius 3 is 2.48 bits per heavy atom. The van der Waals surface area contributed by atoms with Gasteiger partial charge in [-0.1, -0.05) is 33.1 Å². The molecule has 5 nitrogen and oxygen atoms in total. The summed E-state index contributed by atoms with van der Waals surface area (Å²) in [6.45, 7) is 6.52. The second-order valence-corrected chi connectivity index (χ2v) is 6.59. The van der Waals surface area contributed by atoms with Crippen LogP contribution >= 0.6 is 0 Å². The molecule has 0 radical (unpaired) electrons. The number of carbonyl (C=O) groups is 2. The monoisotopic (exact) mass is 296 g/mol. The topological polar surface area (TPSA) is 58.6 Å². The van der Waals surface area contributed by atoms with E-state index in [1.165, 1.54) is 0 Å². The van der Waals surface area contributed by atoms with Gasteiger partial charge >= 0.3 is 0 Å². The van der Waals surface area contributed by atoms with Gasteiger partial charge in [-0.15, -0.1) is 0 Å². The molecule has 0 aromatic rings. The lowest BCUT2D eigenvalue weighted by Crippen LogP contribution is -2.73. The number of carbonyl (C=O) groups excluding carboxylic acids is 2. The van der Waals surface area contributed by atoms with Crippen LogP contribution in [0.3, 0.4) is 0 Å². The van der Waals surface area contributed by atoms with Crippen molar-refractivity contribution in [3.05, 3.63) is 0 Å². The van der Waals surface area contributed by atoms with Crippen LogP contribution in [-0.4, -0.2) is 48.1 Å². The number of hydrogen-bond donors (Lipinski definition) is 1. The van der Waals surface area contributed by atoms with Gasteiger partial charge < -0.3 is 15.0 Å². The molecular formula is C16H28N2O3. The molecule has 2 rings (SSSR count). The standard InChI is InChI=1S/C16H28N2O3/c1-5-11(2)13-14(19)18(12(3)10-21-4)16(15(20)17-13)8-6-7-9-16/h11-13H,5-10H2,1-4H3,(H,17,20). The molecule has 1 N–H and O–H groups in total. The first-order chi connectivity index (χ1) is 9.97. The molecule has 120 valence electrons. The van der Waals surface area contributed by atoms with Gasteiger partial charge in [-0.2, -0.15) is 0 Å². The number of nitrogens with zero attached hydrogens (tertiary/aromatic N) is 1. The first kappa shape index (κ1) is 16.3. The van der Waals surface area contributed by atoms with Crippen molar-refractivity contribution in [2.45, 2.75) is 70.5 Å². The lowest BCUT2D eigenvalue weighted by molar-refractivity contribution is -0.163. The van der Waals surface area contributed by atoms with Crippen molar-refractivity contribution in [2.75, 3.05) is 13.7 Å². The molecule has 1 saturated heterocycles. The molecule has 1 heterocycles. The Balaban J connectivity index is 2.35. The Bertz CT molecular complexity index is 404. The minimum absolute atomic E-state index is 0.0350. The summed E-state index contributed by atoms with van der Waals surface area (Å²) in [6.07, 6.45) is 4.42. The number of nitrogens with one attached hydrogen (secondary N) is 1. The number of piperazine rings is 1. The Morgan fingerprint density at radius 2 is 1.95 bits per heavy atom. The maximum atomic E-state index is 13.0. The minimum atomic E-state index is -0.640. The van der Waals surface area contributed by atoms with E-state index in [-0.39, 0.29) is 23.8 Å².